The molecule has 0 aliphatic carbocycles. The van der Waals surface area contributed by atoms with Crippen molar-refractivity contribution in [2.45, 2.75) is 138 Å². The van der Waals surface area contributed by atoms with Gasteiger partial charge in [-0.15, -0.1) is 0 Å². The Morgan fingerprint density at radius 1 is 0.855 bits per heavy atom. The van der Waals surface area contributed by atoms with E-state index >= 15 is 0 Å². The average molecular weight is 750 g/mol. The molecule has 294 valence electrons. The number of carbonyl (C=O) groups excluding carboxylic acids is 3. The van der Waals surface area contributed by atoms with E-state index in [4.69, 9.17) is 19.4 Å². The number of esters is 1. The summed E-state index contributed by atoms with van der Waals surface area (Å²) >= 11 is 0. The van der Waals surface area contributed by atoms with Gasteiger partial charge in [0.1, 0.15) is 0 Å². The number of rotatable bonds is 15. The molecule has 3 atom stereocenters. The zero-order valence-electron chi connectivity index (χ0n) is 34.3. The Morgan fingerprint density at radius 2 is 1.55 bits per heavy atom. The minimum absolute atomic E-state index is 0.0975. The molecule has 2 N–H and O–H groups in total. The standard InChI is InChI=1S/C45H59N5O5/c1-10-13-15-16-20-50-44(52)40-28(7)35-23-36-30(12-3)25(4)32(46-36)24-37-39(29(8)55-21-17-14-11-2)27(6)34(47-37)22-33-26(5)31(18-19-38(51)54-9)42(48-33)41(45(50)53)43(40)49-35/h22-24,26,29,31,48-49H,10-21H2,1-9H3/t26-,29?,31-/m0/s1. The number of ether oxygens (including phenoxy) is 2. The second-order valence-electron chi connectivity index (χ2n) is 15.5. The Bertz CT molecular complexity index is 2120. The van der Waals surface area contributed by atoms with Gasteiger partial charge < -0.3 is 19.4 Å². The van der Waals surface area contributed by atoms with Gasteiger partial charge in [-0.25, -0.2) is 9.97 Å². The molecule has 8 bridgehead atoms. The lowest BCUT2D eigenvalue weighted by molar-refractivity contribution is -0.140. The molecule has 0 spiro atoms. The topological polar surface area (TPSA) is 130 Å². The molecule has 2 amide bonds. The monoisotopic (exact) mass is 749 g/mol. The third kappa shape index (κ3) is 7.67. The molecule has 1 unspecified atom stereocenters. The summed E-state index contributed by atoms with van der Waals surface area (Å²) in [6.45, 7) is 17.9. The lowest BCUT2D eigenvalue weighted by atomic mass is 9.84. The number of aromatic amines is 2. The molecule has 4 aliphatic heterocycles. The van der Waals surface area contributed by atoms with Gasteiger partial charge in [-0.05, 0) is 93.9 Å². The molecule has 0 saturated carbocycles. The predicted octanol–water partition coefficient (Wildman–Crippen LogP) is 10.2. The zero-order valence-corrected chi connectivity index (χ0v) is 34.3. The molecule has 4 aliphatic rings. The lowest BCUT2D eigenvalue weighted by Gasteiger charge is -2.27. The van der Waals surface area contributed by atoms with Crippen molar-refractivity contribution in [3.8, 4) is 0 Å². The smallest absolute Gasteiger partial charge is 0.305 e. The first-order valence-electron chi connectivity index (χ1n) is 20.5. The summed E-state index contributed by atoms with van der Waals surface area (Å²) in [5, 5.41) is 0. The van der Waals surface area contributed by atoms with Crippen LogP contribution in [0.25, 0.3) is 33.3 Å². The van der Waals surface area contributed by atoms with E-state index in [1.165, 1.54) is 12.0 Å². The number of hydrogen-bond acceptors (Lipinski definition) is 7. The van der Waals surface area contributed by atoms with Crippen LogP contribution in [0.4, 0.5) is 0 Å². The van der Waals surface area contributed by atoms with Gasteiger partial charge in [-0.3, -0.25) is 19.3 Å². The van der Waals surface area contributed by atoms with E-state index in [0.29, 0.717) is 41.9 Å². The van der Waals surface area contributed by atoms with E-state index in [1.807, 2.05) is 13.0 Å². The van der Waals surface area contributed by atoms with Crippen LogP contribution in [0.1, 0.15) is 185 Å². The van der Waals surface area contributed by atoms with E-state index in [9.17, 15) is 14.4 Å². The fourth-order valence-corrected chi connectivity index (χ4v) is 8.66. The van der Waals surface area contributed by atoms with E-state index in [-0.39, 0.29) is 42.1 Å². The number of aromatic nitrogens is 4. The van der Waals surface area contributed by atoms with Gasteiger partial charge in [0, 0.05) is 53.9 Å². The van der Waals surface area contributed by atoms with Crippen LogP contribution in [-0.4, -0.2) is 69.0 Å². The quantitative estimate of drug-likeness (QED) is 0.105. The van der Waals surface area contributed by atoms with Crippen LogP contribution < -0.4 is 0 Å². The summed E-state index contributed by atoms with van der Waals surface area (Å²) < 4.78 is 11.5. The van der Waals surface area contributed by atoms with Crippen LogP contribution >= 0.6 is 0 Å². The van der Waals surface area contributed by atoms with Crippen molar-refractivity contribution in [2.24, 2.45) is 0 Å². The number of allylic oxidation sites excluding steroid dienone is 3. The molecular weight excluding hydrogens is 691 g/mol. The summed E-state index contributed by atoms with van der Waals surface area (Å²) in [6, 6.07) is 6.20. The number of hydrogen-bond donors (Lipinski definition) is 2. The summed E-state index contributed by atoms with van der Waals surface area (Å²) in [5.74, 6) is -1.23. The predicted molar refractivity (Wildman–Crippen MR) is 219 cm³/mol. The van der Waals surface area contributed by atoms with Crippen molar-refractivity contribution in [1.82, 2.24) is 24.8 Å². The Hall–Kier alpha value is -4.57. The maximum absolute atomic E-state index is 14.8. The summed E-state index contributed by atoms with van der Waals surface area (Å²) in [5.41, 5.74) is 12.2. The van der Waals surface area contributed by atoms with E-state index < -0.39 is 0 Å². The number of methoxy groups -OCH3 is 1. The Labute approximate surface area is 325 Å². The molecule has 0 fully saturated rings. The molecule has 10 heteroatoms. The van der Waals surface area contributed by atoms with Gasteiger partial charge in [-0.1, -0.05) is 59.8 Å². The third-order valence-corrected chi connectivity index (χ3v) is 12.0. The highest BCUT2D eigenvalue weighted by Crippen LogP contribution is 2.45. The van der Waals surface area contributed by atoms with Crippen molar-refractivity contribution in [3.05, 3.63) is 69.1 Å². The molecule has 6 heterocycles. The minimum atomic E-state index is -0.323. The number of nitrogens with one attached hydrogen (secondary N) is 2. The number of amides is 2. The van der Waals surface area contributed by atoms with Gasteiger partial charge in [0.25, 0.3) is 11.8 Å². The fraction of sp³-hybridized carbons (Fsp3) is 0.533. The molecule has 0 saturated heterocycles. The number of nitrogens with zero attached hydrogens (tertiary/aromatic N) is 3. The number of unbranched alkanes of at least 4 members (excludes halogenated alkanes) is 5. The largest absolute Gasteiger partial charge is 0.469 e. The SMILES string of the molecule is CCCCCCN1C(=O)c2c3[nH]c(cc4nc(cc5nc(cc6[nH]c2c(c6C)C1=O)C(CC)=C5C)C(C(C)OCCCCC)=C4C)[C@@H](C)[C@@H]3CCC(=O)OC. The number of imide groups is 1. The molecule has 10 nitrogen and oxygen atoms in total. The van der Waals surface area contributed by atoms with Crippen molar-refractivity contribution < 1.29 is 23.9 Å². The van der Waals surface area contributed by atoms with Crippen molar-refractivity contribution >= 4 is 51.1 Å². The first kappa shape index (κ1) is 40.1. The summed E-state index contributed by atoms with van der Waals surface area (Å²) in [4.78, 5) is 60.8. The van der Waals surface area contributed by atoms with Gasteiger partial charge in [0.2, 0.25) is 0 Å². The molecule has 0 aromatic carbocycles. The van der Waals surface area contributed by atoms with Gasteiger partial charge in [0.05, 0.1) is 52.6 Å². The first-order chi connectivity index (χ1) is 26.4. The minimum Gasteiger partial charge on any atom is -0.469 e. The van der Waals surface area contributed by atoms with Crippen LogP contribution in [-0.2, 0) is 14.3 Å². The van der Waals surface area contributed by atoms with Crippen LogP contribution in [0.3, 0.4) is 0 Å². The maximum Gasteiger partial charge on any atom is 0.305 e. The second kappa shape index (κ2) is 17.1. The number of aryl methyl sites for hydroxylation is 1. The molecule has 0 radical (unpaired) electrons. The van der Waals surface area contributed by atoms with E-state index in [0.717, 1.165) is 113 Å². The Kier molecular flexibility index (Phi) is 12.4. The number of carbonyl (C=O) groups is 3. The molecule has 55 heavy (non-hydrogen) atoms. The Morgan fingerprint density at radius 3 is 2.25 bits per heavy atom. The lowest BCUT2D eigenvalue weighted by Crippen LogP contribution is -2.41. The highest BCUT2D eigenvalue weighted by molar-refractivity contribution is 6.23. The summed E-state index contributed by atoms with van der Waals surface area (Å²) in [7, 11) is 1.40. The normalized spacial score (nSPS) is 18.0. The molecule has 2 aromatic heterocycles. The third-order valence-electron chi connectivity index (χ3n) is 12.0. The first-order valence-corrected chi connectivity index (χ1v) is 20.5. The number of H-pyrrole nitrogens is 2. The highest BCUT2D eigenvalue weighted by Gasteiger charge is 2.40. The van der Waals surface area contributed by atoms with Gasteiger partial charge in [-0.2, -0.15) is 0 Å². The zero-order chi connectivity index (χ0) is 39.6. The van der Waals surface area contributed by atoms with E-state index in [2.05, 4.69) is 70.6 Å². The summed E-state index contributed by atoms with van der Waals surface area (Å²) in [6.07, 6.45) is 8.23. The van der Waals surface area contributed by atoms with Gasteiger partial charge >= 0.3 is 5.97 Å². The van der Waals surface area contributed by atoms with E-state index in [1.54, 1.807) is 0 Å². The van der Waals surface area contributed by atoms with Crippen LogP contribution in [0.2, 0.25) is 0 Å². The maximum atomic E-state index is 14.8. The second-order valence-corrected chi connectivity index (χ2v) is 15.5. The van der Waals surface area contributed by atoms with Crippen LogP contribution in [0.5, 0.6) is 0 Å². The molecular formula is C45H59N5O5. The van der Waals surface area contributed by atoms with Crippen LogP contribution in [0.15, 0.2) is 18.2 Å². The average Bonchev–Trinajstić information content (AvgIpc) is 3.85. The van der Waals surface area contributed by atoms with Gasteiger partial charge in [0.15, 0.2) is 0 Å². The fourth-order valence-electron chi connectivity index (χ4n) is 8.66. The van der Waals surface area contributed by atoms with Crippen LogP contribution in [0, 0.1) is 6.92 Å². The van der Waals surface area contributed by atoms with Crippen molar-refractivity contribution in [1.29, 1.82) is 0 Å². The molecule has 6 rings (SSSR count). The Balaban J connectivity index is 1.68. The highest BCUT2D eigenvalue weighted by atomic mass is 16.5. The number of fused-ring (bicyclic) bond motifs is 8. The molecule has 2 aromatic rings. The van der Waals surface area contributed by atoms with Crippen molar-refractivity contribution in [2.75, 3.05) is 20.3 Å². The van der Waals surface area contributed by atoms with Crippen molar-refractivity contribution in [3.63, 3.8) is 0 Å².